The molecule has 0 spiro atoms. The number of halogens is 1. The van der Waals surface area contributed by atoms with Gasteiger partial charge in [-0.1, -0.05) is 17.7 Å². The third-order valence-electron chi connectivity index (χ3n) is 1.72. The lowest BCUT2D eigenvalue weighted by Crippen LogP contribution is -1.80. The van der Waals surface area contributed by atoms with Crippen LogP contribution in [0.2, 0.25) is 5.02 Å². The summed E-state index contributed by atoms with van der Waals surface area (Å²) in [4.78, 5) is 10.5. The predicted octanol–water partition coefficient (Wildman–Crippen LogP) is 2.90. The second kappa shape index (κ2) is 2.64. The summed E-state index contributed by atoms with van der Waals surface area (Å²) in [5.74, 6) is 0. The highest BCUT2D eigenvalue weighted by molar-refractivity contribution is 6.37. The summed E-state index contributed by atoms with van der Waals surface area (Å²) >= 11 is 5.86. The van der Waals surface area contributed by atoms with E-state index >= 15 is 0 Å². The van der Waals surface area contributed by atoms with Crippen LogP contribution in [0.5, 0.6) is 0 Å². The zero-order chi connectivity index (χ0) is 8.55. The number of carbonyl (C=O) groups excluding carboxylic acids is 1. The van der Waals surface area contributed by atoms with Crippen LogP contribution in [0.15, 0.2) is 28.9 Å². The van der Waals surface area contributed by atoms with Crippen molar-refractivity contribution in [1.29, 1.82) is 0 Å². The summed E-state index contributed by atoms with van der Waals surface area (Å²) in [5.41, 5.74) is 1.03. The lowest BCUT2D eigenvalue weighted by atomic mass is 10.2. The van der Waals surface area contributed by atoms with Gasteiger partial charge in [-0.15, -0.1) is 0 Å². The average molecular weight is 181 g/mol. The molecule has 0 aliphatic heterocycles. The van der Waals surface area contributed by atoms with Crippen LogP contribution in [-0.2, 0) is 0 Å². The molecule has 1 aromatic carbocycles. The fourth-order valence-electron chi connectivity index (χ4n) is 1.10. The molecule has 0 bridgehead atoms. The number of hydrogen-bond acceptors (Lipinski definition) is 2. The maximum absolute atomic E-state index is 10.5. The van der Waals surface area contributed by atoms with Gasteiger partial charge >= 0.3 is 0 Å². The first-order valence-corrected chi connectivity index (χ1v) is 3.81. The molecule has 0 saturated carbocycles. The minimum absolute atomic E-state index is 0.382. The maximum atomic E-state index is 10.5. The second-order valence-electron chi connectivity index (χ2n) is 2.43. The topological polar surface area (TPSA) is 30.2 Å². The van der Waals surface area contributed by atoms with E-state index in [0.717, 1.165) is 5.39 Å². The molecule has 0 N–H and O–H groups in total. The molecule has 0 aliphatic carbocycles. The molecule has 12 heavy (non-hydrogen) atoms. The van der Waals surface area contributed by atoms with Crippen LogP contribution in [0.1, 0.15) is 10.4 Å². The number of aldehydes is 1. The normalized spacial score (nSPS) is 10.4. The van der Waals surface area contributed by atoms with E-state index in [-0.39, 0.29) is 0 Å². The van der Waals surface area contributed by atoms with Crippen molar-refractivity contribution in [3.63, 3.8) is 0 Å². The molecular weight excluding hydrogens is 176 g/mol. The lowest BCUT2D eigenvalue weighted by molar-refractivity contribution is 0.112. The first kappa shape index (κ1) is 7.37. The van der Waals surface area contributed by atoms with Gasteiger partial charge in [-0.2, -0.15) is 0 Å². The first-order chi connectivity index (χ1) is 5.83. The van der Waals surface area contributed by atoms with Crippen LogP contribution in [0.3, 0.4) is 0 Å². The highest BCUT2D eigenvalue weighted by Gasteiger charge is 2.06. The van der Waals surface area contributed by atoms with Gasteiger partial charge in [0, 0.05) is 10.9 Å². The number of furan rings is 1. The van der Waals surface area contributed by atoms with Crippen LogP contribution >= 0.6 is 11.6 Å². The molecule has 2 rings (SSSR count). The third kappa shape index (κ3) is 0.924. The molecule has 0 fully saturated rings. The Morgan fingerprint density at radius 3 is 2.92 bits per heavy atom. The molecule has 2 nitrogen and oxygen atoms in total. The van der Waals surface area contributed by atoms with E-state index in [2.05, 4.69) is 0 Å². The van der Waals surface area contributed by atoms with E-state index in [1.54, 1.807) is 24.5 Å². The maximum Gasteiger partial charge on any atom is 0.153 e. The van der Waals surface area contributed by atoms with E-state index in [1.807, 2.05) is 0 Å². The Labute approximate surface area is 73.7 Å². The SMILES string of the molecule is O=Cc1ccc2ccoc2c1Cl. The minimum Gasteiger partial charge on any atom is -0.463 e. The molecule has 60 valence electrons. The number of fused-ring (bicyclic) bond motifs is 1. The Kier molecular flexibility index (Phi) is 1.62. The molecule has 1 heterocycles. The van der Waals surface area contributed by atoms with Crippen molar-refractivity contribution < 1.29 is 9.21 Å². The standard InChI is InChI=1S/C9H5ClO2/c10-8-7(5-11)2-1-6-3-4-12-9(6)8/h1-5H. The summed E-state index contributed by atoms with van der Waals surface area (Å²) in [5, 5.41) is 1.29. The summed E-state index contributed by atoms with van der Waals surface area (Å²) in [6.45, 7) is 0. The van der Waals surface area contributed by atoms with Crippen molar-refractivity contribution >= 4 is 28.9 Å². The van der Waals surface area contributed by atoms with Crippen molar-refractivity contribution in [3.05, 3.63) is 35.0 Å². The Morgan fingerprint density at radius 1 is 1.33 bits per heavy atom. The fourth-order valence-corrected chi connectivity index (χ4v) is 1.36. The van der Waals surface area contributed by atoms with Crippen molar-refractivity contribution in [2.24, 2.45) is 0 Å². The zero-order valence-corrected chi connectivity index (χ0v) is 6.84. The summed E-state index contributed by atoms with van der Waals surface area (Å²) in [6, 6.07) is 5.28. The molecule has 0 amide bonds. The molecule has 3 heteroatoms. The third-order valence-corrected chi connectivity index (χ3v) is 2.11. The van der Waals surface area contributed by atoms with Gasteiger partial charge in [-0.05, 0) is 12.1 Å². The van der Waals surface area contributed by atoms with Crippen molar-refractivity contribution in [2.75, 3.05) is 0 Å². The predicted molar refractivity (Wildman–Crippen MR) is 46.6 cm³/mol. The minimum atomic E-state index is 0.382. The fraction of sp³-hybridized carbons (Fsp3) is 0. The molecule has 0 unspecified atom stereocenters. The summed E-state index contributed by atoms with van der Waals surface area (Å²) < 4.78 is 5.10. The van der Waals surface area contributed by atoms with Crippen LogP contribution in [0, 0.1) is 0 Å². The summed E-state index contributed by atoms with van der Waals surface area (Å²) in [6.07, 6.45) is 2.26. The van der Waals surface area contributed by atoms with E-state index in [1.165, 1.54) is 0 Å². The van der Waals surface area contributed by atoms with Crippen molar-refractivity contribution in [1.82, 2.24) is 0 Å². The zero-order valence-electron chi connectivity index (χ0n) is 6.08. The quantitative estimate of drug-likeness (QED) is 0.632. The summed E-state index contributed by atoms with van der Waals surface area (Å²) in [7, 11) is 0. The molecule has 0 saturated heterocycles. The number of hydrogen-bond donors (Lipinski definition) is 0. The Morgan fingerprint density at radius 2 is 2.17 bits per heavy atom. The Bertz CT molecular complexity index is 431. The highest BCUT2D eigenvalue weighted by atomic mass is 35.5. The van der Waals surface area contributed by atoms with Crippen LogP contribution in [0.25, 0.3) is 11.0 Å². The molecule has 2 aromatic rings. The van der Waals surface area contributed by atoms with Crippen LogP contribution in [0.4, 0.5) is 0 Å². The Hall–Kier alpha value is -1.28. The van der Waals surface area contributed by atoms with Gasteiger partial charge in [0.15, 0.2) is 11.9 Å². The number of benzene rings is 1. The van der Waals surface area contributed by atoms with E-state index in [4.69, 9.17) is 16.0 Å². The van der Waals surface area contributed by atoms with Gasteiger partial charge in [0.25, 0.3) is 0 Å². The van der Waals surface area contributed by atoms with Gasteiger partial charge in [-0.3, -0.25) is 4.79 Å². The average Bonchev–Trinajstić information content (AvgIpc) is 2.53. The molecule has 0 atom stereocenters. The number of rotatable bonds is 1. The molecule has 1 aromatic heterocycles. The van der Waals surface area contributed by atoms with Crippen LogP contribution < -0.4 is 0 Å². The molecular formula is C9H5ClO2. The number of carbonyl (C=O) groups is 1. The lowest BCUT2D eigenvalue weighted by Gasteiger charge is -1.94. The van der Waals surface area contributed by atoms with Gasteiger partial charge < -0.3 is 4.42 Å². The van der Waals surface area contributed by atoms with Gasteiger partial charge in [0.2, 0.25) is 0 Å². The van der Waals surface area contributed by atoms with Gasteiger partial charge in [0.1, 0.15) is 0 Å². The van der Waals surface area contributed by atoms with E-state index < -0.39 is 0 Å². The molecule has 0 aliphatic rings. The van der Waals surface area contributed by atoms with E-state index in [9.17, 15) is 4.79 Å². The van der Waals surface area contributed by atoms with E-state index in [0.29, 0.717) is 22.5 Å². The van der Waals surface area contributed by atoms with Crippen molar-refractivity contribution in [3.8, 4) is 0 Å². The van der Waals surface area contributed by atoms with Gasteiger partial charge in [-0.25, -0.2) is 0 Å². The second-order valence-corrected chi connectivity index (χ2v) is 2.80. The van der Waals surface area contributed by atoms with Gasteiger partial charge in [0.05, 0.1) is 11.3 Å². The van der Waals surface area contributed by atoms with Crippen molar-refractivity contribution in [2.45, 2.75) is 0 Å². The van der Waals surface area contributed by atoms with Crippen LogP contribution in [-0.4, -0.2) is 6.29 Å². The smallest absolute Gasteiger partial charge is 0.153 e. The first-order valence-electron chi connectivity index (χ1n) is 3.44. The monoisotopic (exact) mass is 180 g/mol. The largest absolute Gasteiger partial charge is 0.463 e. The highest BCUT2D eigenvalue weighted by Crippen LogP contribution is 2.26. The Balaban J connectivity index is 2.86. The molecule has 0 radical (unpaired) electrons.